The second kappa shape index (κ2) is 9.46. The normalized spacial score (nSPS) is 17.2. The number of aromatic carboxylic acids is 1. The Hall–Kier alpha value is -2.73. The molecule has 2 aromatic carbocycles. The van der Waals surface area contributed by atoms with Crippen LogP contribution in [-0.4, -0.2) is 41.5 Å². The number of piperidine rings is 1. The highest BCUT2D eigenvalue weighted by atomic mass is 19.1. The van der Waals surface area contributed by atoms with Crippen LogP contribution in [0.2, 0.25) is 0 Å². The third-order valence-corrected chi connectivity index (χ3v) is 5.19. The molecule has 0 aliphatic carbocycles. The first-order chi connectivity index (χ1) is 13.5. The lowest BCUT2D eigenvalue weighted by atomic mass is 9.90. The molecule has 0 saturated carbocycles. The zero-order valence-corrected chi connectivity index (χ0v) is 15.7. The lowest BCUT2D eigenvalue weighted by molar-refractivity contribution is -0.121. The fraction of sp³-hybridized carbons (Fsp3) is 0.364. The van der Waals surface area contributed by atoms with Crippen LogP contribution in [0.5, 0.6) is 0 Å². The highest BCUT2D eigenvalue weighted by Gasteiger charge is 2.22. The van der Waals surface area contributed by atoms with Gasteiger partial charge in [0.1, 0.15) is 5.82 Å². The minimum Gasteiger partial charge on any atom is -0.478 e. The van der Waals surface area contributed by atoms with Crippen LogP contribution in [0, 0.1) is 5.82 Å². The van der Waals surface area contributed by atoms with Crippen molar-refractivity contribution in [2.24, 2.45) is 0 Å². The summed E-state index contributed by atoms with van der Waals surface area (Å²) in [5.74, 6) is -0.855. The van der Waals surface area contributed by atoms with Gasteiger partial charge in [0.25, 0.3) is 0 Å². The Kier molecular flexibility index (Phi) is 6.76. The van der Waals surface area contributed by atoms with Gasteiger partial charge in [-0.1, -0.05) is 24.3 Å². The molecule has 1 heterocycles. The molecule has 2 N–H and O–H groups in total. The van der Waals surface area contributed by atoms with Crippen LogP contribution < -0.4 is 5.32 Å². The molecular formula is C22H25FN2O3. The smallest absolute Gasteiger partial charge is 0.335 e. The van der Waals surface area contributed by atoms with Gasteiger partial charge in [-0.3, -0.25) is 4.79 Å². The Morgan fingerprint density at radius 2 is 1.82 bits per heavy atom. The third kappa shape index (κ3) is 5.63. The summed E-state index contributed by atoms with van der Waals surface area (Å²) in [6, 6.07) is 13.2. The summed E-state index contributed by atoms with van der Waals surface area (Å²) in [6.07, 6.45) is 2.55. The fourth-order valence-corrected chi connectivity index (χ4v) is 3.58. The van der Waals surface area contributed by atoms with Crippen molar-refractivity contribution in [1.82, 2.24) is 10.2 Å². The number of hydrogen-bond donors (Lipinski definition) is 2. The number of carboxylic acids is 1. The van der Waals surface area contributed by atoms with E-state index < -0.39 is 5.97 Å². The summed E-state index contributed by atoms with van der Waals surface area (Å²) in [4.78, 5) is 25.4. The van der Waals surface area contributed by atoms with Crippen molar-refractivity contribution in [2.75, 3.05) is 19.6 Å². The largest absolute Gasteiger partial charge is 0.478 e. The molecule has 6 heteroatoms. The van der Waals surface area contributed by atoms with E-state index in [9.17, 15) is 14.0 Å². The predicted molar refractivity (Wildman–Crippen MR) is 105 cm³/mol. The van der Waals surface area contributed by atoms with Crippen LogP contribution >= 0.6 is 0 Å². The molecule has 1 fully saturated rings. The molecule has 1 atom stereocenters. The van der Waals surface area contributed by atoms with E-state index in [-0.39, 0.29) is 11.7 Å². The fourth-order valence-electron chi connectivity index (χ4n) is 3.58. The Balaban J connectivity index is 1.44. The third-order valence-electron chi connectivity index (χ3n) is 5.19. The van der Waals surface area contributed by atoms with Gasteiger partial charge >= 0.3 is 5.97 Å². The van der Waals surface area contributed by atoms with E-state index in [1.807, 2.05) is 12.1 Å². The number of likely N-dealkylation sites (tertiary alicyclic amines) is 1. The molecule has 2 aromatic rings. The van der Waals surface area contributed by atoms with E-state index in [2.05, 4.69) is 10.2 Å². The lowest BCUT2D eigenvalue weighted by Gasteiger charge is -2.32. The van der Waals surface area contributed by atoms with E-state index >= 15 is 0 Å². The zero-order chi connectivity index (χ0) is 19.9. The zero-order valence-electron chi connectivity index (χ0n) is 15.7. The Morgan fingerprint density at radius 1 is 1.11 bits per heavy atom. The van der Waals surface area contributed by atoms with E-state index in [1.165, 1.54) is 12.1 Å². The maximum Gasteiger partial charge on any atom is 0.335 e. The van der Waals surface area contributed by atoms with Gasteiger partial charge in [-0.05, 0) is 60.7 Å². The summed E-state index contributed by atoms with van der Waals surface area (Å²) in [7, 11) is 0. The van der Waals surface area contributed by atoms with Gasteiger partial charge in [0.15, 0.2) is 0 Å². The van der Waals surface area contributed by atoms with Crippen molar-refractivity contribution in [2.45, 2.75) is 31.7 Å². The summed E-state index contributed by atoms with van der Waals surface area (Å²) >= 11 is 0. The highest BCUT2D eigenvalue weighted by Crippen LogP contribution is 2.27. The molecule has 0 spiro atoms. The quantitative estimate of drug-likeness (QED) is 0.768. The number of benzene rings is 2. The molecule has 28 heavy (non-hydrogen) atoms. The van der Waals surface area contributed by atoms with Gasteiger partial charge in [-0.15, -0.1) is 0 Å². The van der Waals surface area contributed by atoms with Crippen LogP contribution in [0.25, 0.3) is 0 Å². The molecule has 1 amide bonds. The van der Waals surface area contributed by atoms with E-state index in [0.29, 0.717) is 31.0 Å². The van der Waals surface area contributed by atoms with E-state index in [4.69, 9.17) is 5.11 Å². The molecule has 0 aromatic heterocycles. The number of rotatable bonds is 7. The molecule has 1 aliphatic rings. The first-order valence-corrected chi connectivity index (χ1v) is 9.58. The molecule has 0 bridgehead atoms. The van der Waals surface area contributed by atoms with Crippen LogP contribution in [0.15, 0.2) is 48.5 Å². The first kappa shape index (κ1) is 20.0. The number of halogens is 1. The number of nitrogens with zero attached hydrogens (tertiary/aromatic N) is 1. The SMILES string of the molecule is O=C(CCN1CCCC(c2ccc(C(=O)O)cc2)C1)NCc1ccc(F)cc1. The van der Waals surface area contributed by atoms with Crippen molar-refractivity contribution in [1.29, 1.82) is 0 Å². The molecule has 0 radical (unpaired) electrons. The molecule has 1 saturated heterocycles. The summed E-state index contributed by atoms with van der Waals surface area (Å²) in [5, 5.41) is 11.9. The van der Waals surface area contributed by atoms with Gasteiger partial charge in [0.05, 0.1) is 5.56 Å². The second-order valence-corrected chi connectivity index (χ2v) is 7.22. The Labute approximate surface area is 164 Å². The highest BCUT2D eigenvalue weighted by molar-refractivity contribution is 5.87. The first-order valence-electron chi connectivity index (χ1n) is 9.58. The average molecular weight is 384 g/mol. The van der Waals surface area contributed by atoms with Gasteiger partial charge in [0, 0.05) is 26.1 Å². The van der Waals surface area contributed by atoms with Crippen LogP contribution in [0.4, 0.5) is 4.39 Å². The predicted octanol–water partition coefficient (Wildman–Crippen LogP) is 3.41. The monoisotopic (exact) mass is 384 g/mol. The van der Waals surface area contributed by atoms with Gasteiger partial charge in [-0.25, -0.2) is 9.18 Å². The maximum absolute atomic E-state index is 12.9. The molecule has 5 nitrogen and oxygen atoms in total. The topological polar surface area (TPSA) is 69.6 Å². The number of carboxylic acid groups (broad SMARTS) is 1. The number of amides is 1. The summed E-state index contributed by atoms with van der Waals surface area (Å²) in [5.41, 5.74) is 2.32. The lowest BCUT2D eigenvalue weighted by Crippen LogP contribution is -2.37. The van der Waals surface area contributed by atoms with Crippen LogP contribution in [0.3, 0.4) is 0 Å². The van der Waals surface area contributed by atoms with Gasteiger partial charge in [0.2, 0.25) is 5.91 Å². The van der Waals surface area contributed by atoms with Gasteiger partial charge < -0.3 is 15.3 Å². The molecular weight excluding hydrogens is 359 g/mol. The standard InChI is InChI=1S/C22H25FN2O3/c23-20-9-3-16(4-10-20)14-24-21(26)11-13-25-12-1-2-19(15-25)17-5-7-18(8-6-17)22(27)28/h3-10,19H,1-2,11-15H2,(H,24,26)(H,27,28). The number of hydrogen-bond acceptors (Lipinski definition) is 3. The summed E-state index contributed by atoms with van der Waals surface area (Å²) < 4.78 is 12.9. The van der Waals surface area contributed by atoms with Crippen molar-refractivity contribution >= 4 is 11.9 Å². The van der Waals surface area contributed by atoms with Crippen molar-refractivity contribution in [3.8, 4) is 0 Å². The number of carbonyl (C=O) groups excluding carboxylic acids is 1. The van der Waals surface area contributed by atoms with E-state index in [0.717, 1.165) is 37.1 Å². The van der Waals surface area contributed by atoms with Crippen molar-refractivity contribution in [3.05, 3.63) is 71.0 Å². The summed E-state index contributed by atoms with van der Waals surface area (Å²) in [6.45, 7) is 2.93. The average Bonchev–Trinajstić information content (AvgIpc) is 2.72. The molecule has 1 unspecified atom stereocenters. The molecule has 3 rings (SSSR count). The second-order valence-electron chi connectivity index (χ2n) is 7.22. The Morgan fingerprint density at radius 3 is 2.50 bits per heavy atom. The Bertz CT molecular complexity index is 806. The number of carbonyl (C=O) groups is 2. The van der Waals surface area contributed by atoms with Crippen molar-refractivity contribution < 1.29 is 19.1 Å². The van der Waals surface area contributed by atoms with Gasteiger partial charge in [-0.2, -0.15) is 0 Å². The van der Waals surface area contributed by atoms with Crippen LogP contribution in [-0.2, 0) is 11.3 Å². The minimum atomic E-state index is -0.913. The van der Waals surface area contributed by atoms with Crippen LogP contribution in [0.1, 0.15) is 46.7 Å². The minimum absolute atomic E-state index is 0.0164. The molecule has 148 valence electrons. The van der Waals surface area contributed by atoms with E-state index in [1.54, 1.807) is 24.3 Å². The van der Waals surface area contributed by atoms with Crippen molar-refractivity contribution in [3.63, 3.8) is 0 Å². The maximum atomic E-state index is 12.9. The molecule has 1 aliphatic heterocycles. The number of nitrogens with one attached hydrogen (secondary N) is 1.